The Bertz CT molecular complexity index is 554. The Kier molecular flexibility index (Phi) is 5.84. The Morgan fingerprint density at radius 1 is 1.00 bits per heavy atom. The molecule has 2 aromatic carbocycles. The van der Waals surface area contributed by atoms with Gasteiger partial charge in [0, 0.05) is 5.02 Å². The number of aryl methyl sites for hydroxylation is 2. The minimum atomic E-state index is 0.202. The molecule has 0 amide bonds. The smallest absolute Gasteiger partial charge is 0.0577 e. The van der Waals surface area contributed by atoms with Crippen molar-refractivity contribution in [1.29, 1.82) is 0 Å². The van der Waals surface area contributed by atoms with Crippen LogP contribution in [0.25, 0.3) is 0 Å². The first kappa shape index (κ1) is 16.1. The standard InChI is InChI=1S/C19H24ClN/c1-4-10-21-19(16-8-6-15(5-2)7-9-16)17-11-14(3)12-18(20)13-17/h6-9,11-13,19,21H,4-5,10H2,1-3H3. The maximum atomic E-state index is 6.24. The minimum Gasteiger partial charge on any atom is -0.306 e. The van der Waals surface area contributed by atoms with E-state index in [4.69, 9.17) is 11.6 Å². The maximum absolute atomic E-state index is 6.24. The van der Waals surface area contributed by atoms with Crippen LogP contribution < -0.4 is 5.32 Å². The molecule has 1 nitrogen and oxygen atoms in total. The van der Waals surface area contributed by atoms with Crippen LogP contribution in [0.3, 0.4) is 0 Å². The van der Waals surface area contributed by atoms with E-state index in [-0.39, 0.29) is 6.04 Å². The number of hydrogen-bond donors (Lipinski definition) is 1. The molecule has 2 aromatic rings. The quantitative estimate of drug-likeness (QED) is 0.763. The summed E-state index contributed by atoms with van der Waals surface area (Å²) in [6, 6.07) is 15.4. The molecule has 112 valence electrons. The Balaban J connectivity index is 2.36. The fourth-order valence-corrected chi connectivity index (χ4v) is 2.89. The van der Waals surface area contributed by atoms with E-state index >= 15 is 0 Å². The van der Waals surface area contributed by atoms with Crippen LogP contribution in [-0.2, 0) is 6.42 Å². The third-order valence-corrected chi connectivity index (χ3v) is 3.94. The monoisotopic (exact) mass is 301 g/mol. The van der Waals surface area contributed by atoms with E-state index in [2.05, 4.69) is 62.5 Å². The van der Waals surface area contributed by atoms with E-state index in [1.54, 1.807) is 0 Å². The highest BCUT2D eigenvalue weighted by atomic mass is 35.5. The zero-order valence-corrected chi connectivity index (χ0v) is 13.9. The van der Waals surface area contributed by atoms with Gasteiger partial charge in [-0.15, -0.1) is 0 Å². The summed E-state index contributed by atoms with van der Waals surface area (Å²) in [5.74, 6) is 0. The molecule has 0 aliphatic rings. The van der Waals surface area contributed by atoms with Crippen molar-refractivity contribution in [1.82, 2.24) is 5.32 Å². The first-order chi connectivity index (χ1) is 10.1. The van der Waals surface area contributed by atoms with Crippen LogP contribution in [0.2, 0.25) is 5.02 Å². The highest BCUT2D eigenvalue weighted by Gasteiger charge is 2.14. The highest BCUT2D eigenvalue weighted by Crippen LogP contribution is 2.26. The summed E-state index contributed by atoms with van der Waals surface area (Å²) in [6.45, 7) is 7.45. The minimum absolute atomic E-state index is 0.202. The van der Waals surface area contributed by atoms with Crippen LogP contribution in [0, 0.1) is 6.92 Å². The first-order valence-corrected chi connectivity index (χ1v) is 8.11. The molecule has 0 aliphatic carbocycles. The van der Waals surface area contributed by atoms with Crippen molar-refractivity contribution in [2.75, 3.05) is 6.54 Å². The van der Waals surface area contributed by atoms with Crippen molar-refractivity contribution in [3.05, 3.63) is 69.7 Å². The molecule has 0 spiro atoms. The van der Waals surface area contributed by atoms with Gasteiger partial charge in [0.1, 0.15) is 0 Å². The van der Waals surface area contributed by atoms with Gasteiger partial charge >= 0.3 is 0 Å². The van der Waals surface area contributed by atoms with Crippen LogP contribution >= 0.6 is 11.6 Å². The molecule has 21 heavy (non-hydrogen) atoms. The fraction of sp³-hybridized carbons (Fsp3) is 0.368. The summed E-state index contributed by atoms with van der Waals surface area (Å²) in [5, 5.41) is 4.44. The lowest BCUT2D eigenvalue weighted by molar-refractivity contribution is 0.598. The van der Waals surface area contributed by atoms with Gasteiger partial charge in [-0.2, -0.15) is 0 Å². The summed E-state index contributed by atoms with van der Waals surface area (Å²) in [6.07, 6.45) is 2.19. The molecule has 1 atom stereocenters. The third-order valence-electron chi connectivity index (χ3n) is 3.72. The Morgan fingerprint density at radius 3 is 2.29 bits per heavy atom. The van der Waals surface area contributed by atoms with E-state index in [0.29, 0.717) is 0 Å². The van der Waals surface area contributed by atoms with E-state index in [9.17, 15) is 0 Å². The zero-order chi connectivity index (χ0) is 15.2. The van der Waals surface area contributed by atoms with Gasteiger partial charge in [-0.3, -0.25) is 0 Å². The summed E-state index contributed by atoms with van der Waals surface area (Å²) in [4.78, 5) is 0. The molecular formula is C19H24ClN. The van der Waals surface area contributed by atoms with Crippen molar-refractivity contribution >= 4 is 11.6 Å². The van der Waals surface area contributed by atoms with Crippen LogP contribution in [0.15, 0.2) is 42.5 Å². The average molecular weight is 302 g/mol. The zero-order valence-electron chi connectivity index (χ0n) is 13.1. The molecule has 2 rings (SSSR count). The van der Waals surface area contributed by atoms with Gasteiger partial charge in [0.05, 0.1) is 6.04 Å². The lowest BCUT2D eigenvalue weighted by atomic mass is 9.96. The summed E-state index contributed by atoms with van der Waals surface area (Å²) >= 11 is 6.24. The fourth-order valence-electron chi connectivity index (χ4n) is 2.59. The topological polar surface area (TPSA) is 12.0 Å². The number of benzene rings is 2. The molecular weight excluding hydrogens is 278 g/mol. The molecule has 0 saturated heterocycles. The van der Waals surface area contributed by atoms with Gasteiger partial charge in [0.15, 0.2) is 0 Å². The second-order valence-corrected chi connectivity index (χ2v) is 5.98. The second kappa shape index (κ2) is 7.63. The molecule has 2 heteroatoms. The van der Waals surface area contributed by atoms with Crippen molar-refractivity contribution in [3.8, 4) is 0 Å². The van der Waals surface area contributed by atoms with Crippen LogP contribution in [0.5, 0.6) is 0 Å². The van der Waals surface area contributed by atoms with Crippen LogP contribution in [0.4, 0.5) is 0 Å². The summed E-state index contributed by atoms with van der Waals surface area (Å²) in [7, 11) is 0. The normalized spacial score (nSPS) is 12.4. The van der Waals surface area contributed by atoms with Gasteiger partial charge < -0.3 is 5.32 Å². The summed E-state index contributed by atoms with van der Waals surface area (Å²) in [5.41, 5.74) is 5.10. The van der Waals surface area contributed by atoms with Crippen molar-refractivity contribution in [2.24, 2.45) is 0 Å². The SMILES string of the molecule is CCCNC(c1ccc(CC)cc1)c1cc(C)cc(Cl)c1. The van der Waals surface area contributed by atoms with Crippen molar-refractivity contribution < 1.29 is 0 Å². The van der Waals surface area contributed by atoms with Crippen molar-refractivity contribution in [2.45, 2.75) is 39.7 Å². The molecule has 0 heterocycles. The number of hydrogen-bond acceptors (Lipinski definition) is 1. The lowest BCUT2D eigenvalue weighted by Crippen LogP contribution is -2.23. The molecule has 0 fully saturated rings. The Hall–Kier alpha value is -1.31. The molecule has 0 saturated carbocycles. The van der Waals surface area contributed by atoms with E-state index in [0.717, 1.165) is 24.4 Å². The van der Waals surface area contributed by atoms with Crippen LogP contribution in [-0.4, -0.2) is 6.54 Å². The Labute approximate surface area is 133 Å². The van der Waals surface area contributed by atoms with Gasteiger partial charge in [-0.1, -0.05) is 55.8 Å². The molecule has 0 bridgehead atoms. The average Bonchev–Trinajstić information content (AvgIpc) is 2.47. The Morgan fingerprint density at radius 2 is 1.71 bits per heavy atom. The van der Waals surface area contributed by atoms with E-state index in [1.165, 1.54) is 22.3 Å². The molecule has 0 radical (unpaired) electrons. The van der Waals surface area contributed by atoms with Gasteiger partial charge in [-0.25, -0.2) is 0 Å². The van der Waals surface area contributed by atoms with Gasteiger partial charge in [-0.05, 0) is 60.7 Å². The highest BCUT2D eigenvalue weighted by molar-refractivity contribution is 6.30. The first-order valence-electron chi connectivity index (χ1n) is 7.73. The molecule has 1 unspecified atom stereocenters. The predicted octanol–water partition coefficient (Wildman–Crippen LogP) is 5.30. The molecule has 0 aliphatic heterocycles. The summed E-state index contributed by atoms with van der Waals surface area (Å²) < 4.78 is 0. The second-order valence-electron chi connectivity index (χ2n) is 5.54. The van der Waals surface area contributed by atoms with E-state index in [1.807, 2.05) is 6.07 Å². The van der Waals surface area contributed by atoms with Gasteiger partial charge in [0.25, 0.3) is 0 Å². The molecule has 0 aromatic heterocycles. The van der Waals surface area contributed by atoms with E-state index < -0.39 is 0 Å². The van der Waals surface area contributed by atoms with Crippen molar-refractivity contribution in [3.63, 3.8) is 0 Å². The lowest BCUT2D eigenvalue weighted by Gasteiger charge is -2.21. The number of rotatable bonds is 6. The number of nitrogens with one attached hydrogen (secondary N) is 1. The maximum Gasteiger partial charge on any atom is 0.0577 e. The predicted molar refractivity (Wildman–Crippen MR) is 92.1 cm³/mol. The van der Waals surface area contributed by atoms with Gasteiger partial charge in [0.2, 0.25) is 0 Å². The third kappa shape index (κ3) is 4.33. The van der Waals surface area contributed by atoms with Crippen LogP contribution in [0.1, 0.15) is 48.6 Å². The molecule has 1 N–H and O–H groups in total. The largest absolute Gasteiger partial charge is 0.306 e. The number of halogens is 1.